The molecule has 0 aliphatic carbocycles. The number of fused-ring (bicyclic) bond motifs is 2. The Morgan fingerprint density at radius 1 is 1.33 bits per heavy atom. The zero-order valence-corrected chi connectivity index (χ0v) is 13.7. The number of Topliss-reactive ketones (excluding diaryl/α,β-unsaturated/α-hetero) is 1. The van der Waals surface area contributed by atoms with Crippen molar-refractivity contribution in [3.8, 4) is 6.07 Å². The number of nitrogens with one attached hydrogen (secondary N) is 1. The number of nitriles is 1. The van der Waals surface area contributed by atoms with Crippen molar-refractivity contribution in [1.29, 1.82) is 5.26 Å². The zero-order chi connectivity index (χ0) is 16.7. The van der Waals surface area contributed by atoms with Gasteiger partial charge in [-0.15, -0.1) is 11.3 Å². The number of benzene rings is 2. The molecule has 0 saturated carbocycles. The Labute approximate surface area is 145 Å². The van der Waals surface area contributed by atoms with Crippen molar-refractivity contribution in [1.82, 2.24) is 15.2 Å². The monoisotopic (exact) mass is 352 g/mol. The number of aromatic amines is 1. The third-order valence-corrected chi connectivity index (χ3v) is 5.09. The highest BCUT2D eigenvalue weighted by Crippen LogP contribution is 2.32. The first-order valence-electron chi connectivity index (χ1n) is 7.09. The Bertz CT molecular complexity index is 1120. The van der Waals surface area contributed by atoms with Crippen molar-refractivity contribution < 1.29 is 4.79 Å². The van der Waals surface area contributed by atoms with Crippen LogP contribution in [0.2, 0.25) is 5.02 Å². The zero-order valence-electron chi connectivity index (χ0n) is 12.2. The lowest BCUT2D eigenvalue weighted by atomic mass is 9.97. The average molecular weight is 353 g/mol. The molecule has 1 unspecified atom stereocenters. The van der Waals surface area contributed by atoms with E-state index in [9.17, 15) is 10.1 Å². The topological polar surface area (TPSA) is 82.4 Å². The first-order valence-corrected chi connectivity index (χ1v) is 8.29. The van der Waals surface area contributed by atoms with Gasteiger partial charge in [-0.1, -0.05) is 23.7 Å². The van der Waals surface area contributed by atoms with Gasteiger partial charge >= 0.3 is 0 Å². The second kappa shape index (κ2) is 5.71. The maximum atomic E-state index is 12.9. The number of nitrogens with zero attached hydrogens (tertiary/aromatic N) is 3. The van der Waals surface area contributed by atoms with Gasteiger partial charge in [-0.05, 0) is 24.3 Å². The Kier molecular flexibility index (Phi) is 3.53. The molecule has 24 heavy (non-hydrogen) atoms. The van der Waals surface area contributed by atoms with E-state index in [2.05, 4.69) is 21.3 Å². The lowest BCUT2D eigenvalue weighted by molar-refractivity contribution is 0.0980. The maximum absolute atomic E-state index is 12.9. The van der Waals surface area contributed by atoms with Crippen LogP contribution >= 0.6 is 22.9 Å². The predicted octanol–water partition coefficient (Wildman–Crippen LogP) is 4.32. The summed E-state index contributed by atoms with van der Waals surface area (Å²) in [6.45, 7) is 0. The van der Waals surface area contributed by atoms with Gasteiger partial charge in [-0.3, -0.25) is 9.89 Å². The van der Waals surface area contributed by atoms with Gasteiger partial charge in [0.25, 0.3) is 0 Å². The van der Waals surface area contributed by atoms with Gasteiger partial charge in [0.1, 0.15) is 5.01 Å². The molecule has 0 aliphatic heterocycles. The molecule has 0 spiro atoms. The van der Waals surface area contributed by atoms with E-state index >= 15 is 0 Å². The smallest absolute Gasteiger partial charge is 0.187 e. The van der Waals surface area contributed by atoms with Gasteiger partial charge in [0, 0.05) is 16.0 Å². The summed E-state index contributed by atoms with van der Waals surface area (Å²) in [5, 5.41) is 18.1. The highest BCUT2D eigenvalue weighted by Gasteiger charge is 2.27. The first-order chi connectivity index (χ1) is 11.7. The Morgan fingerprint density at radius 2 is 2.21 bits per heavy atom. The molecule has 5 nitrogen and oxygen atoms in total. The van der Waals surface area contributed by atoms with Crippen LogP contribution < -0.4 is 0 Å². The molecule has 1 atom stereocenters. The van der Waals surface area contributed by atoms with E-state index in [1.165, 1.54) is 11.3 Å². The number of halogens is 1. The van der Waals surface area contributed by atoms with Crippen LogP contribution in [-0.2, 0) is 0 Å². The van der Waals surface area contributed by atoms with Crippen molar-refractivity contribution in [3.63, 3.8) is 0 Å². The van der Waals surface area contributed by atoms with E-state index in [1.54, 1.807) is 30.5 Å². The van der Waals surface area contributed by atoms with Gasteiger partial charge < -0.3 is 0 Å². The highest BCUT2D eigenvalue weighted by molar-refractivity contribution is 7.18. The molecule has 0 aliphatic rings. The van der Waals surface area contributed by atoms with Gasteiger partial charge in [-0.2, -0.15) is 10.4 Å². The first kappa shape index (κ1) is 14.8. The molecule has 2 aromatic carbocycles. The van der Waals surface area contributed by atoms with E-state index in [4.69, 9.17) is 11.6 Å². The molecule has 0 saturated heterocycles. The largest absolute Gasteiger partial charge is 0.292 e. The Hall–Kier alpha value is -2.75. The normalized spacial score (nSPS) is 12.3. The number of carbonyl (C=O) groups is 1. The van der Waals surface area contributed by atoms with Crippen LogP contribution in [0.15, 0.2) is 42.6 Å². The number of ketones is 1. The summed E-state index contributed by atoms with van der Waals surface area (Å²) in [4.78, 5) is 17.3. The summed E-state index contributed by atoms with van der Waals surface area (Å²) in [6, 6.07) is 12.7. The van der Waals surface area contributed by atoms with Gasteiger partial charge in [-0.25, -0.2) is 4.98 Å². The predicted molar refractivity (Wildman–Crippen MR) is 93.4 cm³/mol. The molecule has 2 aromatic heterocycles. The van der Waals surface area contributed by atoms with Gasteiger partial charge in [0.15, 0.2) is 11.7 Å². The molecule has 4 rings (SSSR count). The standard InChI is InChI=1S/C17H9ClN4OS/c18-9-4-5-15-14(6-9)21-17(24-15)11(7-19)16(23)10-2-1-3-13-12(10)8-20-22-13/h1-6,8,11H,(H,20,22). The van der Waals surface area contributed by atoms with Crippen LogP contribution in [0.25, 0.3) is 21.1 Å². The Morgan fingerprint density at radius 3 is 3.04 bits per heavy atom. The fourth-order valence-electron chi connectivity index (χ4n) is 2.61. The summed E-state index contributed by atoms with van der Waals surface area (Å²) in [7, 11) is 0. The summed E-state index contributed by atoms with van der Waals surface area (Å²) in [5.41, 5.74) is 1.91. The quantitative estimate of drug-likeness (QED) is 0.557. The highest BCUT2D eigenvalue weighted by atomic mass is 35.5. The summed E-state index contributed by atoms with van der Waals surface area (Å²) in [6.07, 6.45) is 1.59. The molecule has 0 amide bonds. The number of hydrogen-bond acceptors (Lipinski definition) is 5. The lowest BCUT2D eigenvalue weighted by Crippen LogP contribution is -2.11. The third-order valence-electron chi connectivity index (χ3n) is 3.75. The fourth-order valence-corrected chi connectivity index (χ4v) is 3.76. The van der Waals surface area contributed by atoms with Crippen LogP contribution in [0.4, 0.5) is 0 Å². The van der Waals surface area contributed by atoms with E-state index in [-0.39, 0.29) is 5.78 Å². The summed E-state index contributed by atoms with van der Waals surface area (Å²) in [5.74, 6) is -1.24. The molecule has 7 heteroatoms. The maximum Gasteiger partial charge on any atom is 0.187 e. The second-order valence-electron chi connectivity index (χ2n) is 5.23. The second-order valence-corrected chi connectivity index (χ2v) is 6.73. The minimum atomic E-state index is -0.957. The summed E-state index contributed by atoms with van der Waals surface area (Å²) < 4.78 is 0.893. The molecule has 4 aromatic rings. The average Bonchev–Trinajstić information content (AvgIpc) is 3.20. The fraction of sp³-hybridized carbons (Fsp3) is 0.0588. The molecule has 116 valence electrons. The molecule has 0 radical (unpaired) electrons. The van der Waals surface area contributed by atoms with Gasteiger partial charge in [0.05, 0.1) is 28.0 Å². The number of carbonyl (C=O) groups excluding carboxylic acids is 1. The molecule has 1 N–H and O–H groups in total. The molecule has 2 heterocycles. The Balaban J connectivity index is 1.81. The van der Waals surface area contributed by atoms with Crippen molar-refractivity contribution in [3.05, 3.63) is 58.2 Å². The minimum Gasteiger partial charge on any atom is -0.292 e. The minimum absolute atomic E-state index is 0.283. The summed E-state index contributed by atoms with van der Waals surface area (Å²) >= 11 is 7.31. The van der Waals surface area contributed by atoms with E-state index < -0.39 is 5.92 Å². The van der Waals surface area contributed by atoms with E-state index in [0.717, 1.165) is 10.2 Å². The number of hydrogen-bond donors (Lipinski definition) is 1. The van der Waals surface area contributed by atoms with E-state index in [0.29, 0.717) is 26.5 Å². The van der Waals surface area contributed by atoms with Crippen molar-refractivity contribution in [2.45, 2.75) is 5.92 Å². The molecular weight excluding hydrogens is 344 g/mol. The molecule has 0 fully saturated rings. The molecular formula is C17H9ClN4OS. The number of thiazole rings is 1. The number of H-pyrrole nitrogens is 1. The lowest BCUT2D eigenvalue weighted by Gasteiger charge is -2.06. The van der Waals surface area contributed by atoms with Crippen LogP contribution in [0.3, 0.4) is 0 Å². The third kappa shape index (κ3) is 2.35. The number of rotatable bonds is 3. The SMILES string of the molecule is N#CC(C(=O)c1cccc2[nH]ncc12)c1nc2cc(Cl)ccc2s1. The number of aromatic nitrogens is 3. The van der Waals surface area contributed by atoms with Crippen LogP contribution in [0, 0.1) is 11.3 Å². The van der Waals surface area contributed by atoms with Crippen molar-refractivity contribution >= 4 is 49.8 Å². The van der Waals surface area contributed by atoms with Gasteiger partial charge in [0.2, 0.25) is 0 Å². The van der Waals surface area contributed by atoms with Crippen LogP contribution in [-0.4, -0.2) is 21.0 Å². The van der Waals surface area contributed by atoms with E-state index in [1.807, 2.05) is 12.1 Å². The van der Waals surface area contributed by atoms with Crippen molar-refractivity contribution in [2.24, 2.45) is 0 Å². The van der Waals surface area contributed by atoms with Crippen molar-refractivity contribution in [2.75, 3.05) is 0 Å². The van der Waals surface area contributed by atoms with Crippen LogP contribution in [0.5, 0.6) is 0 Å². The van der Waals surface area contributed by atoms with Crippen LogP contribution in [0.1, 0.15) is 21.3 Å². The molecule has 0 bridgehead atoms.